The van der Waals surface area contributed by atoms with E-state index in [2.05, 4.69) is 86.7 Å². The van der Waals surface area contributed by atoms with E-state index in [1.807, 2.05) is 0 Å². The second-order valence-electron chi connectivity index (χ2n) is 10.2. The van der Waals surface area contributed by atoms with Crippen molar-refractivity contribution in [2.75, 3.05) is 0 Å². The topological polar surface area (TPSA) is 72.5 Å². The summed E-state index contributed by atoms with van der Waals surface area (Å²) < 4.78 is 7.78. The van der Waals surface area contributed by atoms with E-state index in [1.54, 1.807) is 0 Å². The van der Waals surface area contributed by atoms with Gasteiger partial charge in [0.15, 0.2) is 0 Å². The first-order valence-electron chi connectivity index (χ1n) is 12.0. The highest BCUT2D eigenvalue weighted by Crippen LogP contribution is 2.49. The number of hydrogen-bond acceptors (Lipinski definition) is 3. The molecule has 0 amide bonds. The molecular formula is C24H43I2NO3. The third-order valence-corrected chi connectivity index (χ3v) is 12.0. The zero-order valence-electron chi connectivity index (χ0n) is 19.6. The number of ether oxygens (including phenoxy) is 1. The van der Waals surface area contributed by atoms with Crippen LogP contribution in [0.2, 0.25) is 0 Å². The molecule has 2 fully saturated rings. The van der Waals surface area contributed by atoms with Gasteiger partial charge in [0.2, 0.25) is 0 Å². The van der Waals surface area contributed by atoms with E-state index in [0.29, 0.717) is 50.0 Å². The normalized spacial score (nSPS) is 45.8. The summed E-state index contributed by atoms with van der Waals surface area (Å²) in [6, 6.07) is -0.774. The molecule has 30 heavy (non-hydrogen) atoms. The van der Waals surface area contributed by atoms with Gasteiger partial charge in [-0.3, -0.25) is 4.79 Å². The van der Waals surface area contributed by atoms with Crippen molar-refractivity contribution in [1.29, 1.82) is 0 Å². The van der Waals surface area contributed by atoms with Crippen LogP contribution in [0.15, 0.2) is 0 Å². The third kappa shape index (κ3) is 5.85. The van der Waals surface area contributed by atoms with Crippen molar-refractivity contribution < 1.29 is 14.6 Å². The van der Waals surface area contributed by atoms with Crippen LogP contribution >= 0.6 is 45.2 Å². The van der Waals surface area contributed by atoms with Crippen molar-refractivity contribution in [2.24, 2.45) is 47.2 Å². The summed E-state index contributed by atoms with van der Waals surface area (Å²) in [7, 11) is 0. The van der Waals surface area contributed by atoms with Crippen LogP contribution in [-0.2, 0) is 9.53 Å². The minimum atomic E-state index is -0.889. The average molecular weight is 647 g/mol. The Morgan fingerprint density at radius 1 is 1.03 bits per heavy atom. The summed E-state index contributed by atoms with van der Waals surface area (Å²) >= 11 is 5.15. The van der Waals surface area contributed by atoms with Crippen molar-refractivity contribution >= 4 is 51.2 Å². The molecule has 0 aromatic rings. The average Bonchev–Trinajstić information content (AvgIpc) is 2.70. The highest BCUT2D eigenvalue weighted by molar-refractivity contribution is 14.1. The van der Waals surface area contributed by atoms with Crippen LogP contribution in [0.4, 0.5) is 0 Å². The Kier molecular flexibility index (Phi) is 10.7. The molecule has 0 spiro atoms. The van der Waals surface area contributed by atoms with Gasteiger partial charge < -0.3 is 15.6 Å². The standard InChI is InChI=1S/C24H43I2NO3/c1-7-9-17-15(6)22(12(3)10-16(17)8-2)30-23-20(25)13(4)18(14(5)21(23)26)11-19(27)24(28)29/h12-23H,7-11,27H2,1-6H3,(H,28,29). The molecule has 176 valence electrons. The van der Waals surface area contributed by atoms with E-state index in [-0.39, 0.29) is 6.10 Å². The summed E-state index contributed by atoms with van der Waals surface area (Å²) in [6.07, 6.45) is 6.20. The van der Waals surface area contributed by atoms with Crippen molar-refractivity contribution in [1.82, 2.24) is 0 Å². The van der Waals surface area contributed by atoms with Crippen LogP contribution in [0.1, 0.15) is 73.6 Å². The van der Waals surface area contributed by atoms with E-state index in [0.717, 1.165) is 11.8 Å². The fraction of sp³-hybridized carbons (Fsp3) is 0.958. The Bertz CT molecular complexity index is 547. The van der Waals surface area contributed by atoms with Crippen LogP contribution in [0, 0.1) is 41.4 Å². The summed E-state index contributed by atoms with van der Waals surface area (Å²) in [6.45, 7) is 14.0. The van der Waals surface area contributed by atoms with Crippen molar-refractivity contribution in [3.05, 3.63) is 0 Å². The smallest absolute Gasteiger partial charge is 0.320 e. The lowest BCUT2D eigenvalue weighted by atomic mass is 9.64. The zero-order chi connectivity index (χ0) is 22.7. The lowest BCUT2D eigenvalue weighted by molar-refractivity contribution is -0.140. The molecule has 0 aromatic heterocycles. The Labute approximate surface area is 211 Å². The number of halogens is 2. The minimum absolute atomic E-state index is 0.212. The molecule has 0 aromatic carbocycles. The van der Waals surface area contributed by atoms with Crippen molar-refractivity contribution in [3.8, 4) is 0 Å². The van der Waals surface area contributed by atoms with Gasteiger partial charge in [-0.05, 0) is 54.3 Å². The lowest BCUT2D eigenvalue weighted by Crippen LogP contribution is -2.55. The van der Waals surface area contributed by atoms with Gasteiger partial charge in [-0.25, -0.2) is 0 Å². The number of aliphatic carboxylic acids is 1. The maximum Gasteiger partial charge on any atom is 0.320 e. The quantitative estimate of drug-likeness (QED) is 0.244. The molecule has 2 aliphatic rings. The Morgan fingerprint density at radius 2 is 1.60 bits per heavy atom. The first-order valence-corrected chi connectivity index (χ1v) is 14.5. The first-order chi connectivity index (χ1) is 14.0. The van der Waals surface area contributed by atoms with Gasteiger partial charge in [-0.2, -0.15) is 0 Å². The van der Waals surface area contributed by atoms with E-state index in [4.69, 9.17) is 10.5 Å². The van der Waals surface area contributed by atoms with Gasteiger partial charge in [0.05, 0.1) is 12.2 Å². The molecule has 0 saturated heterocycles. The van der Waals surface area contributed by atoms with Crippen molar-refractivity contribution in [3.63, 3.8) is 0 Å². The molecule has 0 aliphatic heterocycles. The number of hydrogen-bond donors (Lipinski definition) is 2. The number of carboxylic acids is 1. The van der Waals surface area contributed by atoms with Gasteiger partial charge in [-0.1, -0.05) is 106 Å². The Morgan fingerprint density at radius 3 is 2.07 bits per heavy atom. The highest BCUT2D eigenvalue weighted by atomic mass is 127. The number of rotatable bonds is 8. The molecule has 4 nitrogen and oxygen atoms in total. The minimum Gasteiger partial charge on any atom is -0.480 e. The van der Waals surface area contributed by atoms with Gasteiger partial charge in [0, 0.05) is 7.85 Å². The zero-order valence-corrected chi connectivity index (χ0v) is 23.9. The third-order valence-electron chi connectivity index (χ3n) is 8.32. The predicted molar refractivity (Wildman–Crippen MR) is 141 cm³/mol. The van der Waals surface area contributed by atoms with E-state index >= 15 is 0 Å². The fourth-order valence-electron chi connectivity index (χ4n) is 6.42. The lowest BCUT2D eigenvalue weighted by Gasteiger charge is -2.51. The summed E-state index contributed by atoms with van der Waals surface area (Å²) in [4.78, 5) is 11.3. The summed E-state index contributed by atoms with van der Waals surface area (Å²) in [5, 5.41) is 9.30. The van der Waals surface area contributed by atoms with Gasteiger partial charge >= 0.3 is 5.97 Å². The second-order valence-corrected chi connectivity index (χ2v) is 13.1. The Hall–Kier alpha value is 0.850. The molecule has 10 unspecified atom stereocenters. The van der Waals surface area contributed by atoms with Crippen LogP contribution in [0.5, 0.6) is 0 Å². The molecule has 6 heteroatoms. The monoisotopic (exact) mass is 647 g/mol. The van der Waals surface area contributed by atoms with Crippen LogP contribution in [-0.4, -0.2) is 37.2 Å². The molecular weight excluding hydrogens is 604 g/mol. The molecule has 2 rings (SSSR count). The number of carboxylic acid groups (broad SMARTS) is 1. The van der Waals surface area contributed by atoms with Crippen LogP contribution in [0.25, 0.3) is 0 Å². The van der Waals surface area contributed by atoms with E-state index in [1.165, 1.54) is 25.7 Å². The molecule has 0 heterocycles. The molecule has 10 atom stereocenters. The van der Waals surface area contributed by atoms with Crippen LogP contribution in [0.3, 0.4) is 0 Å². The predicted octanol–water partition coefficient (Wildman–Crippen LogP) is 6.17. The first kappa shape index (κ1) is 27.1. The number of alkyl halides is 2. The maximum atomic E-state index is 11.3. The van der Waals surface area contributed by atoms with E-state index < -0.39 is 12.0 Å². The number of carbonyl (C=O) groups is 1. The van der Waals surface area contributed by atoms with Gasteiger partial charge in [0.1, 0.15) is 6.04 Å². The van der Waals surface area contributed by atoms with Crippen molar-refractivity contribution in [2.45, 2.75) is 99.7 Å². The van der Waals surface area contributed by atoms with Gasteiger partial charge in [-0.15, -0.1) is 0 Å². The maximum absolute atomic E-state index is 11.3. The second kappa shape index (κ2) is 11.8. The van der Waals surface area contributed by atoms with Gasteiger partial charge in [0.25, 0.3) is 0 Å². The fourth-order valence-corrected chi connectivity index (χ4v) is 9.51. The number of nitrogens with two attached hydrogens (primary N) is 1. The molecule has 0 bridgehead atoms. The molecule has 2 saturated carbocycles. The summed E-state index contributed by atoms with van der Waals surface area (Å²) in [5.74, 6) is 2.99. The largest absolute Gasteiger partial charge is 0.480 e. The SMILES string of the molecule is CCCC1C(CC)CC(C)C(OC2C(I)C(C)C(CC(N)C(=O)O)C(C)C2I)C1C. The van der Waals surface area contributed by atoms with Crippen LogP contribution < -0.4 is 5.73 Å². The highest BCUT2D eigenvalue weighted by Gasteiger charge is 2.49. The molecule has 2 aliphatic carbocycles. The Balaban J connectivity index is 2.16. The van der Waals surface area contributed by atoms with E-state index in [9.17, 15) is 9.90 Å². The molecule has 0 radical (unpaired) electrons. The molecule has 3 N–H and O–H groups in total. The summed E-state index contributed by atoms with van der Waals surface area (Å²) in [5.41, 5.74) is 5.92.